The summed E-state index contributed by atoms with van der Waals surface area (Å²) in [5.74, 6) is 1.23. The number of benzene rings is 1. The molecule has 16 heavy (non-hydrogen) atoms. The van der Waals surface area contributed by atoms with Crippen LogP contribution in [0.2, 0.25) is 0 Å². The number of hydrogen-bond donors (Lipinski definition) is 1. The minimum atomic E-state index is 0.460. The van der Waals surface area contributed by atoms with Gasteiger partial charge in [-0.2, -0.15) is 0 Å². The minimum absolute atomic E-state index is 0.460. The Morgan fingerprint density at radius 2 is 2.00 bits per heavy atom. The van der Waals surface area contributed by atoms with Crippen LogP contribution in [0.5, 0.6) is 0 Å². The topological polar surface area (TPSA) is 51.8 Å². The molecule has 2 aromatic rings. The second-order valence-electron chi connectivity index (χ2n) is 4.23. The Morgan fingerprint density at radius 3 is 2.69 bits per heavy atom. The van der Waals surface area contributed by atoms with Crippen molar-refractivity contribution in [1.82, 2.24) is 9.97 Å². The maximum absolute atomic E-state index is 5.52. The van der Waals surface area contributed by atoms with Gasteiger partial charge in [0.15, 0.2) is 0 Å². The van der Waals surface area contributed by atoms with Crippen LogP contribution in [0.25, 0.3) is 11.3 Å². The lowest BCUT2D eigenvalue weighted by Gasteiger charge is -2.03. The highest BCUT2D eigenvalue weighted by Gasteiger charge is 2.23. The number of aromatic nitrogens is 2. The van der Waals surface area contributed by atoms with Crippen molar-refractivity contribution in [2.24, 2.45) is 0 Å². The van der Waals surface area contributed by atoms with Crippen molar-refractivity contribution in [2.75, 3.05) is 5.73 Å². The first-order valence-corrected chi connectivity index (χ1v) is 5.51. The molecule has 3 nitrogen and oxygen atoms in total. The van der Waals surface area contributed by atoms with E-state index in [9.17, 15) is 0 Å². The molecule has 1 aliphatic rings. The standard InChI is InChI=1S/C13H13N3/c14-13-8-15-12(7-16-13)11-3-1-2-10(6-11)9-4-5-9/h1-3,6-9H,4-5H2,(H2,14,16). The predicted octanol–water partition coefficient (Wildman–Crippen LogP) is 2.60. The van der Waals surface area contributed by atoms with E-state index in [4.69, 9.17) is 5.73 Å². The fraction of sp³-hybridized carbons (Fsp3) is 0.231. The van der Waals surface area contributed by atoms with E-state index in [2.05, 4.69) is 34.2 Å². The number of rotatable bonds is 2. The minimum Gasteiger partial charge on any atom is -0.382 e. The monoisotopic (exact) mass is 211 g/mol. The van der Waals surface area contributed by atoms with Gasteiger partial charge in [0.1, 0.15) is 5.82 Å². The molecule has 1 aromatic heterocycles. The quantitative estimate of drug-likeness (QED) is 0.830. The number of nitrogens with zero attached hydrogens (tertiary/aromatic N) is 2. The Kier molecular flexibility index (Phi) is 2.10. The molecule has 0 unspecified atom stereocenters. The lowest BCUT2D eigenvalue weighted by molar-refractivity contribution is 1.13. The van der Waals surface area contributed by atoms with E-state index in [1.54, 1.807) is 12.4 Å². The first-order valence-electron chi connectivity index (χ1n) is 5.51. The van der Waals surface area contributed by atoms with Crippen LogP contribution in [0.15, 0.2) is 36.7 Å². The summed E-state index contributed by atoms with van der Waals surface area (Å²) in [5.41, 5.74) is 8.94. The van der Waals surface area contributed by atoms with Crippen molar-refractivity contribution in [3.8, 4) is 11.3 Å². The number of hydrogen-bond acceptors (Lipinski definition) is 3. The summed E-state index contributed by atoms with van der Waals surface area (Å²) in [4.78, 5) is 8.34. The fourth-order valence-electron chi connectivity index (χ4n) is 1.86. The molecule has 0 aliphatic heterocycles. The average Bonchev–Trinajstić information content (AvgIpc) is 3.14. The van der Waals surface area contributed by atoms with Crippen molar-refractivity contribution < 1.29 is 0 Å². The van der Waals surface area contributed by atoms with Crippen molar-refractivity contribution in [3.05, 3.63) is 42.2 Å². The molecule has 1 aromatic carbocycles. The van der Waals surface area contributed by atoms with Gasteiger partial charge in [-0.25, -0.2) is 4.98 Å². The van der Waals surface area contributed by atoms with E-state index in [1.807, 2.05) is 0 Å². The average molecular weight is 211 g/mol. The van der Waals surface area contributed by atoms with Gasteiger partial charge in [-0.05, 0) is 30.4 Å². The van der Waals surface area contributed by atoms with Gasteiger partial charge in [0, 0.05) is 5.56 Å². The highest BCUT2D eigenvalue weighted by molar-refractivity contribution is 5.60. The zero-order chi connectivity index (χ0) is 11.0. The maximum atomic E-state index is 5.52. The van der Waals surface area contributed by atoms with Crippen molar-refractivity contribution in [2.45, 2.75) is 18.8 Å². The summed E-state index contributed by atoms with van der Waals surface area (Å²) in [6.07, 6.45) is 5.95. The van der Waals surface area contributed by atoms with E-state index < -0.39 is 0 Å². The third-order valence-electron chi connectivity index (χ3n) is 2.90. The van der Waals surface area contributed by atoms with Gasteiger partial charge in [0.25, 0.3) is 0 Å². The van der Waals surface area contributed by atoms with Crippen LogP contribution in [0, 0.1) is 0 Å². The molecule has 0 radical (unpaired) electrons. The Morgan fingerprint density at radius 1 is 1.12 bits per heavy atom. The van der Waals surface area contributed by atoms with Gasteiger partial charge >= 0.3 is 0 Å². The summed E-state index contributed by atoms with van der Waals surface area (Å²) in [6.45, 7) is 0. The summed E-state index contributed by atoms with van der Waals surface area (Å²) in [5, 5.41) is 0. The van der Waals surface area contributed by atoms with Crippen molar-refractivity contribution in [3.63, 3.8) is 0 Å². The van der Waals surface area contributed by atoms with Gasteiger partial charge < -0.3 is 5.73 Å². The Bertz CT molecular complexity index is 501. The molecule has 0 amide bonds. The van der Waals surface area contributed by atoms with Crippen LogP contribution in [-0.4, -0.2) is 9.97 Å². The molecular weight excluding hydrogens is 198 g/mol. The Balaban J connectivity index is 1.98. The number of nitrogen functional groups attached to an aromatic ring is 1. The molecule has 0 saturated heterocycles. The second-order valence-corrected chi connectivity index (χ2v) is 4.23. The first-order chi connectivity index (χ1) is 7.83. The summed E-state index contributed by atoms with van der Waals surface area (Å²) >= 11 is 0. The molecule has 0 atom stereocenters. The van der Waals surface area contributed by atoms with Gasteiger partial charge in [-0.1, -0.05) is 18.2 Å². The smallest absolute Gasteiger partial charge is 0.141 e. The van der Waals surface area contributed by atoms with E-state index >= 15 is 0 Å². The molecule has 1 aliphatic carbocycles. The second kappa shape index (κ2) is 3.59. The van der Waals surface area contributed by atoms with Gasteiger partial charge in [0.2, 0.25) is 0 Å². The first kappa shape index (κ1) is 9.33. The van der Waals surface area contributed by atoms with Crippen LogP contribution >= 0.6 is 0 Å². The zero-order valence-electron chi connectivity index (χ0n) is 8.93. The molecule has 0 bridgehead atoms. The predicted molar refractivity (Wildman–Crippen MR) is 63.9 cm³/mol. The summed E-state index contributed by atoms with van der Waals surface area (Å²) in [6, 6.07) is 8.54. The third-order valence-corrected chi connectivity index (χ3v) is 2.90. The van der Waals surface area contributed by atoms with Crippen LogP contribution in [0.3, 0.4) is 0 Å². The van der Waals surface area contributed by atoms with Crippen LogP contribution in [0.4, 0.5) is 5.82 Å². The molecule has 0 spiro atoms. The van der Waals surface area contributed by atoms with E-state index in [0.717, 1.165) is 17.2 Å². The van der Waals surface area contributed by atoms with Gasteiger partial charge in [0.05, 0.1) is 18.1 Å². The molecular formula is C13H13N3. The van der Waals surface area contributed by atoms with Crippen molar-refractivity contribution in [1.29, 1.82) is 0 Å². The summed E-state index contributed by atoms with van der Waals surface area (Å²) in [7, 11) is 0. The molecule has 2 N–H and O–H groups in total. The van der Waals surface area contributed by atoms with Crippen LogP contribution < -0.4 is 5.73 Å². The number of nitrogens with two attached hydrogens (primary N) is 1. The van der Waals surface area contributed by atoms with Crippen molar-refractivity contribution >= 4 is 5.82 Å². The molecule has 1 heterocycles. The highest BCUT2D eigenvalue weighted by Crippen LogP contribution is 2.40. The molecule has 3 rings (SSSR count). The normalized spacial score (nSPS) is 15.0. The molecule has 80 valence electrons. The Labute approximate surface area is 94.4 Å². The highest BCUT2D eigenvalue weighted by atomic mass is 14.9. The largest absolute Gasteiger partial charge is 0.382 e. The maximum Gasteiger partial charge on any atom is 0.141 e. The molecule has 3 heteroatoms. The van der Waals surface area contributed by atoms with Gasteiger partial charge in [-0.15, -0.1) is 0 Å². The fourth-order valence-corrected chi connectivity index (χ4v) is 1.86. The van der Waals surface area contributed by atoms with E-state index in [-0.39, 0.29) is 0 Å². The van der Waals surface area contributed by atoms with Crippen LogP contribution in [-0.2, 0) is 0 Å². The van der Waals surface area contributed by atoms with Gasteiger partial charge in [-0.3, -0.25) is 4.98 Å². The third kappa shape index (κ3) is 1.76. The zero-order valence-corrected chi connectivity index (χ0v) is 8.93. The van der Waals surface area contributed by atoms with E-state index in [0.29, 0.717) is 5.82 Å². The van der Waals surface area contributed by atoms with Crippen LogP contribution in [0.1, 0.15) is 24.3 Å². The number of anilines is 1. The lowest BCUT2D eigenvalue weighted by Crippen LogP contribution is -1.92. The molecule has 1 saturated carbocycles. The molecule has 1 fully saturated rings. The Hall–Kier alpha value is -1.90. The summed E-state index contributed by atoms with van der Waals surface area (Å²) < 4.78 is 0. The SMILES string of the molecule is Nc1cnc(-c2cccc(C3CC3)c2)cn1. The van der Waals surface area contributed by atoms with E-state index in [1.165, 1.54) is 18.4 Å². The lowest BCUT2D eigenvalue weighted by atomic mass is 10.1.